The highest BCUT2D eigenvalue weighted by Gasteiger charge is 2.29. The van der Waals surface area contributed by atoms with Crippen LogP contribution in [0.1, 0.15) is 12.8 Å². The highest BCUT2D eigenvalue weighted by Crippen LogP contribution is 2.41. The molecule has 7 heteroatoms. The molecule has 1 aliphatic carbocycles. The Labute approximate surface area is 171 Å². The second kappa shape index (κ2) is 8.96. The van der Waals surface area contributed by atoms with E-state index in [0.717, 1.165) is 40.9 Å². The number of ether oxygens (including phenoxy) is 2. The molecule has 2 heterocycles. The van der Waals surface area contributed by atoms with Crippen LogP contribution >= 0.6 is 0 Å². The SMILES string of the molecule is CN(C)C.COc1cccc(OC)c1-c1c[nH]c2nc(NC(=O)C3CC3)ccc12. The number of benzene rings is 1. The molecule has 1 amide bonds. The van der Waals surface area contributed by atoms with Gasteiger partial charge in [0.05, 0.1) is 19.8 Å². The average Bonchev–Trinajstić information content (AvgIpc) is 3.47. The molecule has 0 saturated heterocycles. The van der Waals surface area contributed by atoms with Crippen molar-refractivity contribution in [3.8, 4) is 22.6 Å². The molecule has 2 aromatic heterocycles. The number of carbonyl (C=O) groups is 1. The molecular formula is C22H28N4O3. The Morgan fingerprint density at radius 3 is 2.28 bits per heavy atom. The monoisotopic (exact) mass is 396 g/mol. The Morgan fingerprint density at radius 1 is 1.10 bits per heavy atom. The number of nitrogens with one attached hydrogen (secondary N) is 2. The van der Waals surface area contributed by atoms with Crippen molar-refractivity contribution in [1.82, 2.24) is 14.9 Å². The largest absolute Gasteiger partial charge is 0.496 e. The highest BCUT2D eigenvalue weighted by molar-refractivity contribution is 5.99. The minimum Gasteiger partial charge on any atom is -0.496 e. The second-order valence-corrected chi connectivity index (χ2v) is 7.44. The van der Waals surface area contributed by atoms with E-state index in [-0.39, 0.29) is 11.8 Å². The number of anilines is 1. The fourth-order valence-corrected chi connectivity index (χ4v) is 2.97. The first-order valence-corrected chi connectivity index (χ1v) is 9.55. The topological polar surface area (TPSA) is 79.5 Å². The van der Waals surface area contributed by atoms with E-state index < -0.39 is 0 Å². The molecule has 0 unspecified atom stereocenters. The van der Waals surface area contributed by atoms with Crippen LogP contribution in [0.5, 0.6) is 11.5 Å². The molecule has 0 atom stereocenters. The van der Waals surface area contributed by atoms with E-state index in [9.17, 15) is 4.79 Å². The summed E-state index contributed by atoms with van der Waals surface area (Å²) in [4.78, 5) is 21.6. The number of hydrogen-bond acceptors (Lipinski definition) is 5. The van der Waals surface area contributed by atoms with Crippen molar-refractivity contribution in [2.45, 2.75) is 12.8 Å². The van der Waals surface area contributed by atoms with E-state index in [4.69, 9.17) is 9.47 Å². The van der Waals surface area contributed by atoms with Crippen LogP contribution in [0.15, 0.2) is 36.5 Å². The maximum absolute atomic E-state index is 11.9. The smallest absolute Gasteiger partial charge is 0.228 e. The van der Waals surface area contributed by atoms with E-state index in [1.165, 1.54) is 0 Å². The predicted molar refractivity (Wildman–Crippen MR) is 116 cm³/mol. The van der Waals surface area contributed by atoms with Gasteiger partial charge < -0.3 is 24.7 Å². The van der Waals surface area contributed by atoms with Crippen LogP contribution in [-0.2, 0) is 4.79 Å². The Balaban J connectivity index is 0.000000552. The first-order valence-electron chi connectivity index (χ1n) is 9.55. The number of hydrogen-bond donors (Lipinski definition) is 2. The lowest BCUT2D eigenvalue weighted by atomic mass is 10.0. The number of aromatic nitrogens is 2. The van der Waals surface area contributed by atoms with E-state index >= 15 is 0 Å². The van der Waals surface area contributed by atoms with Gasteiger partial charge in [-0.05, 0) is 58.3 Å². The summed E-state index contributed by atoms with van der Waals surface area (Å²) in [6.07, 6.45) is 3.81. The van der Waals surface area contributed by atoms with Gasteiger partial charge in [0.1, 0.15) is 23.0 Å². The zero-order chi connectivity index (χ0) is 21.0. The van der Waals surface area contributed by atoms with E-state index in [1.807, 2.05) is 62.6 Å². The maximum atomic E-state index is 11.9. The van der Waals surface area contributed by atoms with Gasteiger partial charge in [0, 0.05) is 23.1 Å². The van der Waals surface area contributed by atoms with Gasteiger partial charge >= 0.3 is 0 Å². The minimum absolute atomic E-state index is 0.0463. The van der Waals surface area contributed by atoms with Gasteiger partial charge in [-0.2, -0.15) is 0 Å². The third-order valence-corrected chi connectivity index (χ3v) is 4.44. The van der Waals surface area contributed by atoms with Gasteiger partial charge in [0.25, 0.3) is 0 Å². The van der Waals surface area contributed by atoms with Crippen molar-refractivity contribution in [3.05, 3.63) is 36.5 Å². The molecule has 1 aliphatic rings. The molecular weight excluding hydrogens is 368 g/mol. The van der Waals surface area contributed by atoms with Gasteiger partial charge in [-0.3, -0.25) is 4.79 Å². The summed E-state index contributed by atoms with van der Waals surface area (Å²) in [5, 5.41) is 3.81. The first kappa shape index (κ1) is 20.7. The van der Waals surface area contributed by atoms with Gasteiger partial charge in [0.2, 0.25) is 5.91 Å². The fraction of sp³-hybridized carbons (Fsp3) is 0.364. The summed E-state index contributed by atoms with van der Waals surface area (Å²) >= 11 is 0. The molecule has 0 aliphatic heterocycles. The van der Waals surface area contributed by atoms with Gasteiger partial charge in [-0.15, -0.1) is 0 Å². The number of H-pyrrole nitrogens is 1. The predicted octanol–water partition coefficient (Wildman–Crippen LogP) is 3.77. The number of aromatic amines is 1. The summed E-state index contributed by atoms with van der Waals surface area (Å²) < 4.78 is 11.0. The minimum atomic E-state index is 0.0463. The summed E-state index contributed by atoms with van der Waals surface area (Å²) in [5.74, 6) is 2.21. The molecule has 3 aromatic rings. The van der Waals surface area contributed by atoms with Crippen molar-refractivity contribution in [2.75, 3.05) is 40.7 Å². The summed E-state index contributed by atoms with van der Waals surface area (Å²) in [7, 11) is 9.27. The third-order valence-electron chi connectivity index (χ3n) is 4.44. The van der Waals surface area contributed by atoms with Crippen LogP contribution < -0.4 is 14.8 Å². The summed E-state index contributed by atoms with van der Waals surface area (Å²) in [5.41, 5.74) is 2.52. The molecule has 2 N–H and O–H groups in total. The molecule has 154 valence electrons. The van der Waals surface area contributed by atoms with E-state index in [2.05, 4.69) is 15.3 Å². The molecule has 29 heavy (non-hydrogen) atoms. The Hall–Kier alpha value is -3.06. The number of amides is 1. The molecule has 7 nitrogen and oxygen atoms in total. The number of carbonyl (C=O) groups excluding carboxylic acids is 1. The van der Waals surface area contributed by atoms with Crippen molar-refractivity contribution >= 4 is 22.8 Å². The van der Waals surface area contributed by atoms with Crippen LogP contribution in [0.4, 0.5) is 5.82 Å². The Bertz CT molecular complexity index is 968. The Kier molecular flexibility index (Phi) is 6.39. The Morgan fingerprint density at radius 2 is 1.72 bits per heavy atom. The van der Waals surface area contributed by atoms with Crippen LogP contribution in [0, 0.1) is 5.92 Å². The normalized spacial score (nSPS) is 13.0. The quantitative estimate of drug-likeness (QED) is 0.686. The third kappa shape index (κ3) is 4.86. The van der Waals surface area contributed by atoms with Crippen molar-refractivity contribution < 1.29 is 14.3 Å². The lowest BCUT2D eigenvalue weighted by molar-refractivity contribution is -0.117. The number of rotatable bonds is 5. The van der Waals surface area contributed by atoms with Gasteiger partial charge in [0.15, 0.2) is 0 Å². The van der Waals surface area contributed by atoms with E-state index in [1.54, 1.807) is 14.2 Å². The van der Waals surface area contributed by atoms with Crippen molar-refractivity contribution in [1.29, 1.82) is 0 Å². The molecule has 4 rings (SSSR count). The lowest BCUT2D eigenvalue weighted by Gasteiger charge is -2.12. The molecule has 0 radical (unpaired) electrons. The lowest BCUT2D eigenvalue weighted by Crippen LogP contribution is -2.14. The molecule has 1 aromatic carbocycles. The summed E-state index contributed by atoms with van der Waals surface area (Å²) in [6, 6.07) is 9.45. The van der Waals surface area contributed by atoms with Crippen molar-refractivity contribution in [3.63, 3.8) is 0 Å². The van der Waals surface area contributed by atoms with Gasteiger partial charge in [-0.1, -0.05) is 6.07 Å². The van der Waals surface area contributed by atoms with Crippen molar-refractivity contribution in [2.24, 2.45) is 5.92 Å². The second-order valence-electron chi connectivity index (χ2n) is 7.44. The van der Waals surface area contributed by atoms with Crippen LogP contribution in [0.25, 0.3) is 22.2 Å². The standard InChI is InChI=1S/C19H19N3O3.C3H9N/c1-24-14-4-3-5-15(25-2)17(14)13-10-20-18-12(13)8-9-16(21-18)22-19(23)11-6-7-11;1-4(2)3/h3-5,8-11H,6-7H2,1-2H3,(H2,20,21,22,23);1-3H3. The van der Waals surface area contributed by atoms with Crippen LogP contribution in [-0.4, -0.2) is 56.1 Å². The average molecular weight is 396 g/mol. The zero-order valence-electron chi connectivity index (χ0n) is 17.6. The number of pyridine rings is 1. The number of methoxy groups -OCH3 is 2. The molecule has 0 spiro atoms. The first-order chi connectivity index (χ1) is 13.9. The van der Waals surface area contributed by atoms with Crippen LogP contribution in [0.3, 0.4) is 0 Å². The highest BCUT2D eigenvalue weighted by atomic mass is 16.5. The zero-order valence-corrected chi connectivity index (χ0v) is 17.6. The molecule has 0 bridgehead atoms. The number of fused-ring (bicyclic) bond motifs is 1. The number of nitrogens with zero attached hydrogens (tertiary/aromatic N) is 2. The fourth-order valence-electron chi connectivity index (χ4n) is 2.97. The molecule has 1 fully saturated rings. The maximum Gasteiger partial charge on any atom is 0.228 e. The van der Waals surface area contributed by atoms with Crippen LogP contribution in [0.2, 0.25) is 0 Å². The molecule has 1 saturated carbocycles. The summed E-state index contributed by atoms with van der Waals surface area (Å²) in [6.45, 7) is 0. The van der Waals surface area contributed by atoms with E-state index in [0.29, 0.717) is 11.5 Å². The van der Waals surface area contributed by atoms with Gasteiger partial charge in [-0.25, -0.2) is 4.98 Å².